The molecule has 5 heteroatoms. The van der Waals surface area contributed by atoms with Gasteiger partial charge in [-0.3, -0.25) is 0 Å². The van der Waals surface area contributed by atoms with Crippen molar-refractivity contribution in [1.29, 1.82) is 0 Å². The van der Waals surface area contributed by atoms with E-state index in [1.807, 2.05) is 0 Å². The van der Waals surface area contributed by atoms with Gasteiger partial charge in [0.05, 0.1) is 12.2 Å². The second-order valence-electron chi connectivity index (χ2n) is 3.71. The molecule has 1 aromatic carbocycles. The van der Waals surface area contributed by atoms with Crippen LogP contribution in [0.5, 0.6) is 0 Å². The Bertz CT molecular complexity index is 396. The zero-order valence-corrected chi connectivity index (χ0v) is 8.62. The van der Waals surface area contributed by atoms with Gasteiger partial charge in [0.1, 0.15) is 5.60 Å². The predicted octanol–water partition coefficient (Wildman–Crippen LogP) is 3.60. The number of hydrogen-bond donors (Lipinski definition) is 0. The first kappa shape index (κ1) is 10.8. The van der Waals surface area contributed by atoms with Gasteiger partial charge in [-0.25, -0.2) is 0 Å². The maximum absolute atomic E-state index is 12.4. The van der Waals surface area contributed by atoms with Crippen molar-refractivity contribution in [3.8, 4) is 0 Å². The molecule has 0 saturated carbocycles. The van der Waals surface area contributed by atoms with E-state index in [4.69, 9.17) is 16.3 Å². The number of hydrogen-bond acceptors (Lipinski definition) is 1. The molecule has 1 aromatic rings. The average Bonchev–Trinajstić information content (AvgIpc) is 2.83. The smallest absolute Gasteiger partial charge is 0.365 e. The minimum Gasteiger partial charge on any atom is -0.365 e. The summed E-state index contributed by atoms with van der Waals surface area (Å²) in [6, 6.07) is 3.28. The van der Waals surface area contributed by atoms with Crippen LogP contribution in [-0.4, -0.2) is 6.61 Å². The third-order valence-electron chi connectivity index (χ3n) is 2.44. The Morgan fingerprint density at radius 1 is 1.40 bits per heavy atom. The van der Waals surface area contributed by atoms with Crippen molar-refractivity contribution in [3.63, 3.8) is 0 Å². The molecular formula is C10H8ClF3O. The molecule has 1 nitrogen and oxygen atoms in total. The van der Waals surface area contributed by atoms with Crippen LogP contribution in [0, 0.1) is 0 Å². The summed E-state index contributed by atoms with van der Waals surface area (Å²) in [4.78, 5) is 0. The highest BCUT2D eigenvalue weighted by molar-refractivity contribution is 6.31. The molecule has 1 aliphatic heterocycles. The van der Waals surface area contributed by atoms with Crippen LogP contribution in [0.1, 0.15) is 18.1 Å². The number of alkyl halides is 3. The van der Waals surface area contributed by atoms with Crippen LogP contribution in [0.25, 0.3) is 0 Å². The molecule has 2 rings (SSSR count). The molecular weight excluding hydrogens is 229 g/mol. The normalized spacial score (nSPS) is 25.4. The Morgan fingerprint density at radius 2 is 2.00 bits per heavy atom. The van der Waals surface area contributed by atoms with Gasteiger partial charge in [-0.2, -0.15) is 13.2 Å². The molecule has 0 radical (unpaired) electrons. The monoisotopic (exact) mass is 236 g/mol. The fraction of sp³-hybridized carbons (Fsp3) is 0.400. The van der Waals surface area contributed by atoms with Gasteiger partial charge in [-0.1, -0.05) is 11.6 Å². The van der Waals surface area contributed by atoms with Crippen molar-refractivity contribution in [1.82, 2.24) is 0 Å². The van der Waals surface area contributed by atoms with E-state index in [1.165, 1.54) is 6.07 Å². The van der Waals surface area contributed by atoms with Crippen LogP contribution in [-0.2, 0) is 16.5 Å². The second-order valence-corrected chi connectivity index (χ2v) is 4.12. The van der Waals surface area contributed by atoms with Gasteiger partial charge >= 0.3 is 6.18 Å². The van der Waals surface area contributed by atoms with E-state index in [-0.39, 0.29) is 0 Å². The third-order valence-corrected chi connectivity index (χ3v) is 2.77. The second kappa shape index (κ2) is 3.12. The lowest BCUT2D eigenvalue weighted by Gasteiger charge is -2.12. The molecule has 0 amide bonds. The summed E-state index contributed by atoms with van der Waals surface area (Å²) in [5, 5.41) is 0.308. The summed E-state index contributed by atoms with van der Waals surface area (Å²) in [6.07, 6.45) is -4.34. The molecule has 0 aromatic heterocycles. The largest absolute Gasteiger partial charge is 0.416 e. The van der Waals surface area contributed by atoms with E-state index in [0.717, 1.165) is 12.1 Å². The molecule has 0 N–H and O–H groups in total. The molecule has 1 aliphatic rings. The summed E-state index contributed by atoms with van der Waals surface area (Å²) >= 11 is 5.82. The van der Waals surface area contributed by atoms with E-state index in [1.54, 1.807) is 6.92 Å². The molecule has 0 spiro atoms. The Balaban J connectivity index is 2.47. The standard InChI is InChI=1S/C10H8ClF3O/c1-9(5-15-9)7-4-6(10(12,13)14)2-3-8(7)11/h2-4H,5H2,1H3. The van der Waals surface area contributed by atoms with Crippen molar-refractivity contribution < 1.29 is 17.9 Å². The van der Waals surface area contributed by atoms with E-state index in [2.05, 4.69) is 0 Å². The summed E-state index contributed by atoms with van der Waals surface area (Å²) < 4.78 is 42.4. The first-order valence-electron chi connectivity index (χ1n) is 4.34. The van der Waals surface area contributed by atoms with Crippen molar-refractivity contribution >= 4 is 11.6 Å². The zero-order chi connectivity index (χ0) is 11.3. The molecule has 1 heterocycles. The Morgan fingerprint density at radius 3 is 2.47 bits per heavy atom. The molecule has 15 heavy (non-hydrogen) atoms. The van der Waals surface area contributed by atoms with Gasteiger partial charge in [-0.05, 0) is 25.1 Å². The average molecular weight is 237 g/mol. The predicted molar refractivity (Wildman–Crippen MR) is 49.8 cm³/mol. The minimum absolute atomic E-state index is 0.308. The van der Waals surface area contributed by atoms with Gasteiger partial charge in [0.15, 0.2) is 0 Å². The first-order chi connectivity index (χ1) is 6.83. The Labute approximate surface area is 89.8 Å². The maximum atomic E-state index is 12.4. The topological polar surface area (TPSA) is 12.5 Å². The van der Waals surface area contributed by atoms with Crippen molar-refractivity contribution in [2.45, 2.75) is 18.7 Å². The van der Waals surface area contributed by atoms with Crippen molar-refractivity contribution in [3.05, 3.63) is 34.3 Å². The van der Waals surface area contributed by atoms with Gasteiger partial charge in [0.25, 0.3) is 0 Å². The molecule has 1 fully saturated rings. The first-order valence-corrected chi connectivity index (χ1v) is 4.72. The summed E-state index contributed by atoms with van der Waals surface area (Å²) in [5.74, 6) is 0. The third kappa shape index (κ3) is 1.96. The highest BCUT2D eigenvalue weighted by Gasteiger charge is 2.44. The minimum atomic E-state index is -4.34. The Hall–Kier alpha value is -0.740. The summed E-state index contributed by atoms with van der Waals surface area (Å²) in [5.41, 5.74) is -0.934. The van der Waals surface area contributed by atoms with Gasteiger partial charge in [-0.15, -0.1) is 0 Å². The summed E-state index contributed by atoms with van der Waals surface area (Å²) in [7, 11) is 0. The number of halogens is 4. The van der Waals surface area contributed by atoms with Crippen LogP contribution < -0.4 is 0 Å². The van der Waals surface area contributed by atoms with Crippen LogP contribution >= 0.6 is 11.6 Å². The highest BCUT2D eigenvalue weighted by atomic mass is 35.5. The summed E-state index contributed by atoms with van der Waals surface area (Å²) in [6.45, 7) is 2.13. The fourth-order valence-electron chi connectivity index (χ4n) is 1.37. The van der Waals surface area contributed by atoms with E-state index < -0.39 is 17.3 Å². The lowest BCUT2D eigenvalue weighted by molar-refractivity contribution is -0.137. The number of benzene rings is 1. The highest BCUT2D eigenvalue weighted by Crippen LogP contribution is 2.43. The van der Waals surface area contributed by atoms with Gasteiger partial charge in [0.2, 0.25) is 0 Å². The zero-order valence-electron chi connectivity index (χ0n) is 7.86. The van der Waals surface area contributed by atoms with Crippen LogP contribution in [0.3, 0.4) is 0 Å². The SMILES string of the molecule is CC1(c2cc(C(F)(F)F)ccc2Cl)CO1. The molecule has 1 saturated heterocycles. The fourth-order valence-corrected chi connectivity index (χ4v) is 1.69. The number of ether oxygens (including phenoxy) is 1. The van der Waals surface area contributed by atoms with E-state index in [0.29, 0.717) is 17.2 Å². The van der Waals surface area contributed by atoms with Crippen molar-refractivity contribution in [2.24, 2.45) is 0 Å². The molecule has 0 bridgehead atoms. The number of rotatable bonds is 1. The van der Waals surface area contributed by atoms with Crippen molar-refractivity contribution in [2.75, 3.05) is 6.61 Å². The maximum Gasteiger partial charge on any atom is 0.416 e. The van der Waals surface area contributed by atoms with Crippen LogP contribution in [0.4, 0.5) is 13.2 Å². The molecule has 0 aliphatic carbocycles. The molecule has 1 atom stereocenters. The van der Waals surface area contributed by atoms with E-state index in [9.17, 15) is 13.2 Å². The van der Waals surface area contributed by atoms with Gasteiger partial charge in [0, 0.05) is 10.6 Å². The van der Waals surface area contributed by atoms with Crippen LogP contribution in [0.2, 0.25) is 5.02 Å². The number of epoxide rings is 1. The van der Waals surface area contributed by atoms with Crippen LogP contribution in [0.15, 0.2) is 18.2 Å². The van der Waals surface area contributed by atoms with E-state index >= 15 is 0 Å². The molecule has 82 valence electrons. The lowest BCUT2D eigenvalue weighted by atomic mass is 9.99. The Kier molecular flexibility index (Phi) is 2.24. The lowest BCUT2D eigenvalue weighted by Crippen LogP contribution is -2.09. The quantitative estimate of drug-likeness (QED) is 0.679. The molecule has 1 unspecified atom stereocenters. The van der Waals surface area contributed by atoms with Gasteiger partial charge < -0.3 is 4.74 Å².